The summed E-state index contributed by atoms with van der Waals surface area (Å²) in [6, 6.07) is 4.41. The number of hydrogen-bond acceptors (Lipinski definition) is 6. The zero-order chi connectivity index (χ0) is 21.8. The van der Waals surface area contributed by atoms with Crippen molar-refractivity contribution in [2.45, 2.75) is 25.6 Å². The van der Waals surface area contributed by atoms with E-state index in [0.717, 1.165) is 32.5 Å². The molecule has 3 saturated heterocycles. The maximum absolute atomic E-state index is 13.0. The number of ether oxygens (including phenoxy) is 2. The zero-order valence-electron chi connectivity index (χ0n) is 17.3. The Morgan fingerprint density at radius 1 is 1.10 bits per heavy atom. The van der Waals surface area contributed by atoms with E-state index in [0.29, 0.717) is 42.6 Å². The minimum Gasteiger partial charge on any atom is -0.350 e. The second kappa shape index (κ2) is 9.95. The van der Waals surface area contributed by atoms with Gasteiger partial charge < -0.3 is 14.4 Å². The van der Waals surface area contributed by atoms with Crippen molar-refractivity contribution in [2.24, 2.45) is 0 Å². The van der Waals surface area contributed by atoms with Gasteiger partial charge in [0.25, 0.3) is 5.91 Å². The molecule has 0 bridgehead atoms. The first-order valence-corrected chi connectivity index (χ1v) is 11.0. The summed E-state index contributed by atoms with van der Waals surface area (Å²) in [5.74, 6) is -0.399. The van der Waals surface area contributed by atoms with Crippen molar-refractivity contribution < 1.29 is 23.9 Å². The summed E-state index contributed by atoms with van der Waals surface area (Å²) in [7, 11) is 0. The Bertz CT molecular complexity index is 837. The number of imide groups is 1. The van der Waals surface area contributed by atoms with Crippen LogP contribution in [0.1, 0.15) is 29.6 Å². The van der Waals surface area contributed by atoms with E-state index in [2.05, 4.69) is 10.2 Å². The minimum atomic E-state index is -0.523. The SMILES string of the molecule is O=C1CCN(c2cc(C(=O)N3CCN(CCCC4OCCO4)CC3)ccc2Cl)C(=O)N1. The van der Waals surface area contributed by atoms with Gasteiger partial charge in [-0.1, -0.05) is 11.6 Å². The van der Waals surface area contributed by atoms with Gasteiger partial charge >= 0.3 is 6.03 Å². The van der Waals surface area contributed by atoms with E-state index in [1.165, 1.54) is 4.90 Å². The topological polar surface area (TPSA) is 91.4 Å². The minimum absolute atomic E-state index is 0.0675. The van der Waals surface area contributed by atoms with Crippen LogP contribution in [0.25, 0.3) is 0 Å². The molecule has 1 aromatic rings. The zero-order valence-corrected chi connectivity index (χ0v) is 18.1. The van der Waals surface area contributed by atoms with Crippen LogP contribution in [0.4, 0.5) is 10.5 Å². The standard InChI is InChI=1S/C21H27ClN4O5/c22-16-4-3-15(14-17(16)26-7-5-18(27)23-21(26)29)20(28)25-10-8-24(9-11-25)6-1-2-19-30-12-13-31-19/h3-4,14,19H,1-2,5-13H2,(H,23,27,29). The van der Waals surface area contributed by atoms with Crippen LogP contribution in [0.2, 0.25) is 5.02 Å². The fourth-order valence-electron chi connectivity index (χ4n) is 4.06. The summed E-state index contributed by atoms with van der Waals surface area (Å²) in [6.45, 7) is 5.47. The van der Waals surface area contributed by atoms with Crippen molar-refractivity contribution in [1.82, 2.24) is 15.1 Å². The maximum Gasteiger partial charge on any atom is 0.328 e. The second-order valence-corrected chi connectivity index (χ2v) is 8.28. The molecule has 0 unspecified atom stereocenters. The summed E-state index contributed by atoms with van der Waals surface area (Å²) in [5.41, 5.74) is 0.917. The van der Waals surface area contributed by atoms with Gasteiger partial charge in [0.1, 0.15) is 0 Å². The van der Waals surface area contributed by atoms with Gasteiger partial charge in [-0.15, -0.1) is 0 Å². The number of benzene rings is 1. The Labute approximate surface area is 186 Å². The number of amides is 4. The van der Waals surface area contributed by atoms with E-state index in [9.17, 15) is 14.4 Å². The molecule has 3 aliphatic heterocycles. The fourth-order valence-corrected chi connectivity index (χ4v) is 4.28. The number of piperazine rings is 1. The molecular weight excluding hydrogens is 424 g/mol. The largest absolute Gasteiger partial charge is 0.350 e. The Morgan fingerprint density at radius 2 is 1.84 bits per heavy atom. The van der Waals surface area contributed by atoms with Gasteiger partial charge in [0.2, 0.25) is 5.91 Å². The third-order valence-corrected chi connectivity index (χ3v) is 6.12. The van der Waals surface area contributed by atoms with Crippen LogP contribution in [0, 0.1) is 0 Å². The molecule has 3 heterocycles. The Kier molecular flexibility index (Phi) is 7.06. The Hall–Kier alpha value is -2.20. The molecule has 3 fully saturated rings. The van der Waals surface area contributed by atoms with Gasteiger partial charge in [0.15, 0.2) is 6.29 Å². The van der Waals surface area contributed by atoms with Crippen LogP contribution < -0.4 is 10.2 Å². The van der Waals surface area contributed by atoms with E-state index in [1.54, 1.807) is 18.2 Å². The van der Waals surface area contributed by atoms with Gasteiger partial charge in [0, 0.05) is 44.7 Å². The average molecular weight is 451 g/mol. The lowest BCUT2D eigenvalue weighted by atomic mass is 10.1. The molecule has 0 atom stereocenters. The molecule has 3 aliphatic rings. The summed E-state index contributed by atoms with van der Waals surface area (Å²) in [4.78, 5) is 42.2. The van der Waals surface area contributed by atoms with Crippen molar-refractivity contribution in [2.75, 3.05) is 57.4 Å². The lowest BCUT2D eigenvalue weighted by Gasteiger charge is -2.35. The van der Waals surface area contributed by atoms with Gasteiger partial charge in [-0.05, 0) is 37.6 Å². The average Bonchev–Trinajstić information content (AvgIpc) is 3.28. The first-order valence-electron chi connectivity index (χ1n) is 10.7. The molecule has 10 heteroatoms. The molecular formula is C21H27ClN4O5. The fraction of sp³-hybridized carbons (Fsp3) is 0.571. The third-order valence-electron chi connectivity index (χ3n) is 5.80. The highest BCUT2D eigenvalue weighted by Crippen LogP contribution is 2.29. The number of rotatable bonds is 6. The first kappa shape index (κ1) is 22.0. The van der Waals surface area contributed by atoms with Crippen molar-refractivity contribution in [3.63, 3.8) is 0 Å². The number of carbonyl (C=O) groups excluding carboxylic acids is 3. The molecule has 0 aliphatic carbocycles. The number of nitrogens with one attached hydrogen (secondary N) is 1. The van der Waals surface area contributed by atoms with E-state index < -0.39 is 6.03 Å². The highest BCUT2D eigenvalue weighted by Gasteiger charge is 2.28. The van der Waals surface area contributed by atoms with Gasteiger partial charge in [0.05, 0.1) is 23.9 Å². The number of halogens is 1. The van der Waals surface area contributed by atoms with E-state index in [4.69, 9.17) is 21.1 Å². The lowest BCUT2D eigenvalue weighted by molar-refractivity contribution is -0.120. The molecule has 0 radical (unpaired) electrons. The quantitative estimate of drug-likeness (QED) is 0.709. The molecule has 0 saturated carbocycles. The summed E-state index contributed by atoms with van der Waals surface area (Å²) in [6.07, 6.45) is 2.02. The number of carbonyl (C=O) groups is 3. The molecule has 1 aromatic carbocycles. The molecule has 9 nitrogen and oxygen atoms in total. The van der Waals surface area contributed by atoms with Crippen molar-refractivity contribution >= 4 is 35.1 Å². The second-order valence-electron chi connectivity index (χ2n) is 7.87. The number of hydrogen-bond donors (Lipinski definition) is 1. The van der Waals surface area contributed by atoms with Gasteiger partial charge in [-0.2, -0.15) is 0 Å². The Balaban J connectivity index is 1.31. The predicted molar refractivity (Wildman–Crippen MR) is 114 cm³/mol. The highest BCUT2D eigenvalue weighted by atomic mass is 35.5. The third kappa shape index (κ3) is 5.35. The molecule has 0 spiro atoms. The first-order chi connectivity index (χ1) is 15.0. The van der Waals surface area contributed by atoms with Crippen LogP contribution in [0.5, 0.6) is 0 Å². The van der Waals surface area contributed by atoms with Crippen LogP contribution in [0.15, 0.2) is 18.2 Å². The monoisotopic (exact) mass is 450 g/mol. The van der Waals surface area contributed by atoms with E-state index >= 15 is 0 Å². The van der Waals surface area contributed by atoms with Crippen molar-refractivity contribution in [1.29, 1.82) is 0 Å². The van der Waals surface area contributed by atoms with Crippen LogP contribution >= 0.6 is 11.6 Å². The van der Waals surface area contributed by atoms with Crippen LogP contribution in [0.3, 0.4) is 0 Å². The predicted octanol–water partition coefficient (Wildman–Crippen LogP) is 1.70. The molecule has 4 rings (SSSR count). The van der Waals surface area contributed by atoms with Crippen molar-refractivity contribution in [3.05, 3.63) is 28.8 Å². The Morgan fingerprint density at radius 3 is 2.55 bits per heavy atom. The molecule has 0 aromatic heterocycles. The maximum atomic E-state index is 13.0. The number of urea groups is 1. The molecule has 4 amide bonds. The summed E-state index contributed by atoms with van der Waals surface area (Å²) < 4.78 is 10.9. The van der Waals surface area contributed by atoms with Crippen molar-refractivity contribution in [3.8, 4) is 0 Å². The smallest absolute Gasteiger partial charge is 0.328 e. The van der Waals surface area contributed by atoms with Gasteiger partial charge in [-0.25, -0.2) is 4.79 Å². The van der Waals surface area contributed by atoms with E-state index in [1.807, 2.05) is 4.90 Å². The number of anilines is 1. The van der Waals surface area contributed by atoms with Crippen LogP contribution in [-0.4, -0.2) is 86.4 Å². The summed E-state index contributed by atoms with van der Waals surface area (Å²) in [5, 5.41) is 2.64. The summed E-state index contributed by atoms with van der Waals surface area (Å²) >= 11 is 6.28. The number of nitrogens with zero attached hydrogens (tertiary/aromatic N) is 3. The van der Waals surface area contributed by atoms with Crippen LogP contribution in [-0.2, 0) is 14.3 Å². The highest BCUT2D eigenvalue weighted by molar-refractivity contribution is 6.34. The molecule has 168 valence electrons. The lowest BCUT2D eigenvalue weighted by Crippen LogP contribution is -2.50. The van der Waals surface area contributed by atoms with E-state index in [-0.39, 0.29) is 31.1 Å². The molecule has 31 heavy (non-hydrogen) atoms. The van der Waals surface area contributed by atoms with Gasteiger partial charge in [-0.3, -0.25) is 24.7 Å². The normalized spacial score (nSPS) is 20.9. The molecule has 1 N–H and O–H groups in total.